The lowest BCUT2D eigenvalue weighted by Gasteiger charge is -2.10. The summed E-state index contributed by atoms with van der Waals surface area (Å²) in [5.74, 6) is -0.860. The van der Waals surface area contributed by atoms with Crippen LogP contribution in [-0.2, 0) is 0 Å². The summed E-state index contributed by atoms with van der Waals surface area (Å²) in [7, 11) is 0. The Bertz CT molecular complexity index is 395. The molecule has 4 nitrogen and oxygen atoms in total. The normalized spacial score (nSPS) is 10.5. The molecule has 82 valence electrons. The monoisotopic (exact) mass is 233 g/mol. The molecule has 0 saturated carbocycles. The zero-order chi connectivity index (χ0) is 11.6. The molecule has 0 atom stereocenters. The minimum atomic E-state index is -0.834. The summed E-state index contributed by atoms with van der Waals surface area (Å²) in [6.07, 6.45) is -0.245. The first kappa shape index (κ1) is 11.7. The molecule has 1 rings (SSSR count). The molecule has 0 aliphatic heterocycles. The number of hydrogen-bond donors (Lipinski definition) is 0. The largest absolute Gasteiger partial charge is 0.484 e. The van der Waals surface area contributed by atoms with Crippen LogP contribution in [0, 0.1) is 15.9 Å². The van der Waals surface area contributed by atoms with Crippen molar-refractivity contribution in [2.24, 2.45) is 0 Å². The van der Waals surface area contributed by atoms with Crippen molar-refractivity contribution in [3.05, 3.63) is 33.1 Å². The molecular weight excluding hydrogens is 225 g/mol. The molecule has 1 aromatic rings. The van der Waals surface area contributed by atoms with Crippen LogP contribution in [-0.4, -0.2) is 11.0 Å². The lowest BCUT2D eigenvalue weighted by molar-refractivity contribution is -0.386. The zero-order valence-electron chi connectivity index (χ0n) is 8.16. The van der Waals surface area contributed by atoms with Crippen molar-refractivity contribution in [2.75, 3.05) is 0 Å². The Morgan fingerprint density at radius 3 is 2.60 bits per heavy atom. The summed E-state index contributed by atoms with van der Waals surface area (Å²) < 4.78 is 18.1. The predicted octanol–water partition coefficient (Wildman–Crippen LogP) is 3.17. The highest BCUT2D eigenvalue weighted by Gasteiger charge is 2.19. The number of nitrogens with zero attached hydrogens (tertiary/aromatic N) is 1. The topological polar surface area (TPSA) is 52.4 Å². The standard InChI is InChI=1S/C9H9ClFNO3/c1-5(2)15-9-3-6(10)7(11)4-8(9)12(13)14/h3-5H,1-2H3. The predicted molar refractivity (Wildman–Crippen MR) is 53.8 cm³/mol. The minimum absolute atomic E-state index is 0.0265. The van der Waals surface area contributed by atoms with E-state index in [0.29, 0.717) is 0 Å². The van der Waals surface area contributed by atoms with Gasteiger partial charge in [-0.3, -0.25) is 10.1 Å². The number of halogens is 2. The van der Waals surface area contributed by atoms with E-state index in [9.17, 15) is 14.5 Å². The van der Waals surface area contributed by atoms with Crippen LogP contribution in [0.15, 0.2) is 12.1 Å². The first-order valence-electron chi connectivity index (χ1n) is 4.22. The van der Waals surface area contributed by atoms with E-state index in [1.54, 1.807) is 13.8 Å². The van der Waals surface area contributed by atoms with Crippen molar-refractivity contribution in [3.63, 3.8) is 0 Å². The Morgan fingerprint density at radius 1 is 1.53 bits per heavy atom. The molecular formula is C9H9ClFNO3. The van der Waals surface area contributed by atoms with Gasteiger partial charge < -0.3 is 4.74 Å². The van der Waals surface area contributed by atoms with E-state index in [1.807, 2.05) is 0 Å². The van der Waals surface area contributed by atoms with Gasteiger partial charge in [-0.15, -0.1) is 0 Å². The van der Waals surface area contributed by atoms with Crippen LogP contribution in [0.4, 0.5) is 10.1 Å². The molecule has 1 aromatic carbocycles. The highest BCUT2D eigenvalue weighted by Crippen LogP contribution is 2.32. The number of nitro groups is 1. The summed E-state index contributed by atoms with van der Waals surface area (Å²) in [5, 5.41) is 10.4. The number of rotatable bonds is 3. The van der Waals surface area contributed by atoms with Crippen LogP contribution >= 0.6 is 11.6 Å². The Kier molecular flexibility index (Phi) is 3.47. The summed E-state index contributed by atoms with van der Waals surface area (Å²) in [6, 6.07) is 1.86. The molecule has 0 aromatic heterocycles. The second-order valence-corrected chi connectivity index (χ2v) is 3.56. The lowest BCUT2D eigenvalue weighted by Crippen LogP contribution is -2.07. The molecule has 0 aliphatic rings. The summed E-state index contributed by atoms with van der Waals surface area (Å²) in [5.41, 5.74) is -0.425. The average molecular weight is 234 g/mol. The molecule has 15 heavy (non-hydrogen) atoms. The fourth-order valence-electron chi connectivity index (χ4n) is 1.01. The van der Waals surface area contributed by atoms with Gasteiger partial charge in [0.25, 0.3) is 0 Å². The van der Waals surface area contributed by atoms with Crippen LogP contribution in [0.5, 0.6) is 5.75 Å². The van der Waals surface area contributed by atoms with Crippen molar-refractivity contribution in [1.82, 2.24) is 0 Å². The number of hydrogen-bond acceptors (Lipinski definition) is 3. The first-order chi connectivity index (χ1) is 6.91. The molecule has 0 radical (unpaired) electrons. The third-order valence-electron chi connectivity index (χ3n) is 1.56. The fraction of sp³-hybridized carbons (Fsp3) is 0.333. The number of nitro benzene ring substituents is 1. The zero-order valence-corrected chi connectivity index (χ0v) is 8.92. The molecule has 0 fully saturated rings. The van der Waals surface area contributed by atoms with E-state index in [0.717, 1.165) is 12.1 Å². The van der Waals surface area contributed by atoms with Gasteiger partial charge in [-0.05, 0) is 13.8 Å². The first-order valence-corrected chi connectivity index (χ1v) is 4.59. The lowest BCUT2D eigenvalue weighted by atomic mass is 10.3. The van der Waals surface area contributed by atoms with E-state index >= 15 is 0 Å². The Labute approximate surface area is 90.8 Å². The second-order valence-electron chi connectivity index (χ2n) is 3.16. The van der Waals surface area contributed by atoms with E-state index in [2.05, 4.69) is 0 Å². The van der Waals surface area contributed by atoms with Crippen LogP contribution < -0.4 is 4.74 Å². The minimum Gasteiger partial charge on any atom is -0.484 e. The van der Waals surface area contributed by atoms with E-state index in [1.165, 1.54) is 0 Å². The van der Waals surface area contributed by atoms with Gasteiger partial charge in [0.05, 0.1) is 22.1 Å². The molecule has 0 spiro atoms. The van der Waals surface area contributed by atoms with Crippen LogP contribution in [0.3, 0.4) is 0 Å². The molecule has 0 aliphatic carbocycles. The molecule has 0 bridgehead atoms. The number of benzene rings is 1. The maximum Gasteiger partial charge on any atom is 0.313 e. The van der Waals surface area contributed by atoms with Crippen molar-refractivity contribution in [1.29, 1.82) is 0 Å². The quantitative estimate of drug-likeness (QED) is 0.595. The van der Waals surface area contributed by atoms with Gasteiger partial charge >= 0.3 is 5.69 Å². The third-order valence-corrected chi connectivity index (χ3v) is 1.85. The fourth-order valence-corrected chi connectivity index (χ4v) is 1.16. The summed E-state index contributed by atoms with van der Waals surface area (Å²) in [6.45, 7) is 3.42. The highest BCUT2D eigenvalue weighted by molar-refractivity contribution is 6.31. The van der Waals surface area contributed by atoms with Crippen molar-refractivity contribution in [3.8, 4) is 5.75 Å². The molecule has 0 saturated heterocycles. The maximum absolute atomic E-state index is 13.0. The van der Waals surface area contributed by atoms with Crippen molar-refractivity contribution < 1.29 is 14.1 Å². The van der Waals surface area contributed by atoms with Gasteiger partial charge in [-0.1, -0.05) is 11.6 Å². The Hall–Kier alpha value is -1.36. The van der Waals surface area contributed by atoms with Gasteiger partial charge in [0.1, 0.15) is 5.82 Å². The third kappa shape index (κ3) is 2.79. The smallest absolute Gasteiger partial charge is 0.313 e. The number of ether oxygens (including phenoxy) is 1. The maximum atomic E-state index is 13.0. The van der Waals surface area contributed by atoms with E-state index < -0.39 is 16.4 Å². The summed E-state index contributed by atoms with van der Waals surface area (Å²) in [4.78, 5) is 9.87. The Balaban J connectivity index is 3.22. The summed E-state index contributed by atoms with van der Waals surface area (Å²) >= 11 is 5.50. The molecule has 6 heteroatoms. The van der Waals surface area contributed by atoms with Crippen LogP contribution in [0.2, 0.25) is 5.02 Å². The SMILES string of the molecule is CC(C)Oc1cc(Cl)c(F)cc1[N+](=O)[O-]. The second kappa shape index (κ2) is 4.44. The molecule has 0 unspecified atom stereocenters. The van der Waals surface area contributed by atoms with Gasteiger partial charge in [0.15, 0.2) is 5.75 Å². The molecule has 0 amide bonds. The molecule has 0 N–H and O–H groups in total. The van der Waals surface area contributed by atoms with Gasteiger partial charge in [0, 0.05) is 6.07 Å². The van der Waals surface area contributed by atoms with Crippen LogP contribution in [0.25, 0.3) is 0 Å². The Morgan fingerprint density at radius 2 is 2.13 bits per heavy atom. The van der Waals surface area contributed by atoms with Gasteiger partial charge in [0.2, 0.25) is 0 Å². The van der Waals surface area contributed by atoms with Crippen molar-refractivity contribution in [2.45, 2.75) is 20.0 Å². The highest BCUT2D eigenvalue weighted by atomic mass is 35.5. The van der Waals surface area contributed by atoms with E-state index in [-0.39, 0.29) is 16.9 Å². The molecule has 0 heterocycles. The van der Waals surface area contributed by atoms with E-state index in [4.69, 9.17) is 16.3 Å². The van der Waals surface area contributed by atoms with Crippen LogP contribution in [0.1, 0.15) is 13.8 Å². The average Bonchev–Trinajstić information content (AvgIpc) is 2.09. The van der Waals surface area contributed by atoms with Gasteiger partial charge in [-0.2, -0.15) is 0 Å². The van der Waals surface area contributed by atoms with Gasteiger partial charge in [-0.25, -0.2) is 4.39 Å². The van der Waals surface area contributed by atoms with Crippen molar-refractivity contribution >= 4 is 17.3 Å².